The fraction of sp³-hybridized carbons (Fsp3) is 0.280. The Hall–Kier alpha value is -2.76. The number of benzene rings is 2. The molecule has 0 saturated heterocycles. The maximum atomic E-state index is 13.3. The van der Waals surface area contributed by atoms with Gasteiger partial charge in [-0.1, -0.05) is 85.0 Å². The lowest BCUT2D eigenvalue weighted by Crippen LogP contribution is -2.33. The van der Waals surface area contributed by atoms with Crippen LogP contribution >= 0.6 is 14.7 Å². The number of aliphatic carboxylic acids is 2. The van der Waals surface area contributed by atoms with E-state index in [1.165, 1.54) is 12.2 Å². The Balaban J connectivity index is 2.26. The number of carboxylic acids is 2. The molecule has 2 aromatic rings. The van der Waals surface area contributed by atoms with Crippen LogP contribution in [0.25, 0.3) is 12.2 Å². The summed E-state index contributed by atoms with van der Waals surface area (Å²) in [6.07, 6.45) is 3.72. The Morgan fingerprint density at radius 2 is 1.29 bits per heavy atom. The molecule has 0 amide bonds. The summed E-state index contributed by atoms with van der Waals surface area (Å²) in [5, 5.41) is 18.7. The first-order valence-electron chi connectivity index (χ1n) is 11.0. The molecule has 4 atom stereocenters. The van der Waals surface area contributed by atoms with Crippen LogP contribution in [0.5, 0.6) is 0 Å². The molecule has 0 aliphatic heterocycles. The third-order valence-electron chi connectivity index (χ3n) is 5.42. The van der Waals surface area contributed by atoms with E-state index in [0.717, 1.165) is 11.1 Å². The summed E-state index contributed by atoms with van der Waals surface area (Å²) in [4.78, 5) is 44.4. The molecule has 0 fully saturated rings. The second-order valence-corrected chi connectivity index (χ2v) is 13.2. The standard InChI is InChI=1S/C25H30O8P2/c26-24(27)16-15-22(25(28)29)23(35(32,33)18-8-14-21-11-5-2-6-12-21)19-34(30,31)17-7-13-20-9-3-1-4-10-20/h1-14,22-23H,15-19H2,(H,26,27)(H,28,29)(H,30,31)(H,32,33). The molecule has 4 N–H and O–H groups in total. The summed E-state index contributed by atoms with van der Waals surface area (Å²) in [5.41, 5.74) is -0.0166. The van der Waals surface area contributed by atoms with Crippen molar-refractivity contribution in [1.82, 2.24) is 0 Å². The molecule has 10 heteroatoms. The van der Waals surface area contributed by atoms with Gasteiger partial charge in [0.05, 0.1) is 11.6 Å². The van der Waals surface area contributed by atoms with Crippen LogP contribution in [0.3, 0.4) is 0 Å². The maximum Gasteiger partial charge on any atom is 0.307 e. The topological polar surface area (TPSA) is 149 Å². The molecule has 0 spiro atoms. The number of rotatable bonds is 14. The molecule has 4 unspecified atom stereocenters. The van der Waals surface area contributed by atoms with Gasteiger partial charge in [-0.15, -0.1) is 0 Å². The van der Waals surface area contributed by atoms with E-state index < -0.39 is 63.4 Å². The molecule has 2 rings (SSSR count). The molecule has 0 heterocycles. The largest absolute Gasteiger partial charge is 0.481 e. The Kier molecular flexibility index (Phi) is 10.9. The van der Waals surface area contributed by atoms with Crippen LogP contribution in [-0.4, -0.2) is 56.1 Å². The predicted molar refractivity (Wildman–Crippen MR) is 137 cm³/mol. The number of carbonyl (C=O) groups is 2. The van der Waals surface area contributed by atoms with E-state index in [1.54, 1.807) is 60.7 Å². The van der Waals surface area contributed by atoms with Crippen molar-refractivity contribution >= 4 is 38.8 Å². The minimum absolute atomic E-state index is 0.316. The van der Waals surface area contributed by atoms with Crippen molar-refractivity contribution in [2.45, 2.75) is 18.5 Å². The van der Waals surface area contributed by atoms with Crippen LogP contribution in [-0.2, 0) is 18.7 Å². The van der Waals surface area contributed by atoms with Gasteiger partial charge < -0.3 is 20.0 Å². The van der Waals surface area contributed by atoms with Gasteiger partial charge in [-0.2, -0.15) is 0 Å². The molecule has 8 nitrogen and oxygen atoms in total. The van der Waals surface area contributed by atoms with Gasteiger partial charge >= 0.3 is 11.9 Å². The molecule has 2 aromatic carbocycles. The van der Waals surface area contributed by atoms with Crippen molar-refractivity contribution < 1.29 is 38.7 Å². The SMILES string of the molecule is O=C(O)CCC(C(=O)O)C(CP(=O)(O)CC=Cc1ccccc1)P(=O)(O)CC=Cc1ccccc1. The molecule has 0 aliphatic carbocycles. The lowest BCUT2D eigenvalue weighted by molar-refractivity contribution is -0.142. The molecular weight excluding hydrogens is 490 g/mol. The third kappa shape index (κ3) is 10.2. The second-order valence-electron chi connectivity index (χ2n) is 8.22. The lowest BCUT2D eigenvalue weighted by Gasteiger charge is -2.29. The first-order valence-corrected chi connectivity index (χ1v) is 14.9. The Morgan fingerprint density at radius 3 is 1.74 bits per heavy atom. The van der Waals surface area contributed by atoms with Crippen LogP contribution in [0, 0.1) is 5.92 Å². The third-order valence-corrected chi connectivity index (χ3v) is 9.77. The molecule has 0 radical (unpaired) electrons. The van der Waals surface area contributed by atoms with Gasteiger partial charge in [-0.05, 0) is 17.5 Å². The number of allylic oxidation sites excluding steroid dienone is 2. The summed E-state index contributed by atoms with van der Waals surface area (Å²) >= 11 is 0. The normalized spacial score (nSPS) is 17.0. The monoisotopic (exact) mass is 520 g/mol. The predicted octanol–water partition coefficient (Wildman–Crippen LogP) is 4.89. The van der Waals surface area contributed by atoms with Crippen molar-refractivity contribution in [3.63, 3.8) is 0 Å². The van der Waals surface area contributed by atoms with Gasteiger partial charge in [0.25, 0.3) is 0 Å². The van der Waals surface area contributed by atoms with Crippen LogP contribution in [0.2, 0.25) is 0 Å². The quantitative estimate of drug-likeness (QED) is 0.257. The number of carboxylic acid groups (broad SMARTS) is 2. The van der Waals surface area contributed by atoms with Crippen molar-refractivity contribution in [2.24, 2.45) is 5.92 Å². The van der Waals surface area contributed by atoms with E-state index in [2.05, 4.69) is 0 Å². The van der Waals surface area contributed by atoms with E-state index >= 15 is 0 Å². The Bertz CT molecular complexity index is 1130. The molecule has 0 saturated carbocycles. The summed E-state index contributed by atoms with van der Waals surface area (Å²) in [5.74, 6) is -4.30. The molecule has 0 aromatic heterocycles. The van der Waals surface area contributed by atoms with Gasteiger partial charge in [-0.3, -0.25) is 18.7 Å². The summed E-state index contributed by atoms with van der Waals surface area (Å²) < 4.78 is 26.3. The summed E-state index contributed by atoms with van der Waals surface area (Å²) in [6, 6.07) is 18.0. The highest BCUT2D eigenvalue weighted by Gasteiger charge is 2.43. The highest BCUT2D eigenvalue weighted by atomic mass is 31.2. The molecule has 0 bridgehead atoms. The molecule has 35 heavy (non-hydrogen) atoms. The maximum absolute atomic E-state index is 13.3. The van der Waals surface area contributed by atoms with Crippen molar-refractivity contribution in [3.8, 4) is 0 Å². The molecular formula is C25H30O8P2. The minimum Gasteiger partial charge on any atom is -0.481 e. The highest BCUT2D eigenvalue weighted by molar-refractivity contribution is 7.63. The smallest absolute Gasteiger partial charge is 0.307 e. The van der Waals surface area contributed by atoms with E-state index in [-0.39, 0.29) is 6.16 Å². The second kappa shape index (κ2) is 13.4. The van der Waals surface area contributed by atoms with Gasteiger partial charge in [0.2, 0.25) is 14.7 Å². The number of hydrogen-bond donors (Lipinski definition) is 4. The van der Waals surface area contributed by atoms with Gasteiger partial charge in [0, 0.05) is 24.9 Å². The summed E-state index contributed by atoms with van der Waals surface area (Å²) in [7, 11) is -8.38. The van der Waals surface area contributed by atoms with Gasteiger partial charge in [-0.25, -0.2) is 0 Å². The van der Waals surface area contributed by atoms with Crippen LogP contribution in [0.4, 0.5) is 0 Å². The van der Waals surface area contributed by atoms with Crippen LogP contribution in [0.15, 0.2) is 72.8 Å². The zero-order valence-electron chi connectivity index (χ0n) is 19.1. The first-order chi connectivity index (χ1) is 16.5. The van der Waals surface area contributed by atoms with E-state index in [0.29, 0.717) is 0 Å². The summed E-state index contributed by atoms with van der Waals surface area (Å²) in [6.45, 7) is 0. The van der Waals surface area contributed by atoms with Crippen molar-refractivity contribution in [2.75, 3.05) is 18.5 Å². The van der Waals surface area contributed by atoms with Gasteiger partial charge in [0.15, 0.2) is 0 Å². The van der Waals surface area contributed by atoms with Crippen LogP contribution < -0.4 is 0 Å². The minimum atomic E-state index is -4.31. The lowest BCUT2D eigenvalue weighted by atomic mass is 10.00. The highest BCUT2D eigenvalue weighted by Crippen LogP contribution is 2.56. The average Bonchev–Trinajstić information content (AvgIpc) is 2.79. The van der Waals surface area contributed by atoms with Crippen LogP contribution in [0.1, 0.15) is 24.0 Å². The fourth-order valence-corrected chi connectivity index (χ4v) is 8.35. The van der Waals surface area contributed by atoms with Crippen molar-refractivity contribution in [3.05, 3.63) is 83.9 Å². The zero-order chi connectivity index (χ0) is 25.9. The van der Waals surface area contributed by atoms with E-state index in [4.69, 9.17) is 5.11 Å². The Labute approximate surface area is 204 Å². The Morgan fingerprint density at radius 1 is 0.800 bits per heavy atom. The average molecular weight is 520 g/mol. The van der Waals surface area contributed by atoms with E-state index in [9.17, 15) is 33.6 Å². The van der Waals surface area contributed by atoms with E-state index in [1.807, 2.05) is 12.1 Å². The fourth-order valence-electron chi connectivity index (χ4n) is 3.62. The molecule has 188 valence electrons. The first kappa shape index (κ1) is 28.5. The number of hydrogen-bond acceptors (Lipinski definition) is 4. The zero-order valence-corrected chi connectivity index (χ0v) is 20.9. The van der Waals surface area contributed by atoms with Crippen molar-refractivity contribution in [1.29, 1.82) is 0 Å². The van der Waals surface area contributed by atoms with Gasteiger partial charge in [0.1, 0.15) is 0 Å². The molecule has 0 aliphatic rings.